The zero-order chi connectivity index (χ0) is 39.1. The number of carboxylic acid groups (broad SMARTS) is 1. The van der Waals surface area contributed by atoms with Crippen LogP contribution in [-0.4, -0.2) is 52.6 Å². The van der Waals surface area contributed by atoms with E-state index in [1.165, 1.54) is 25.6 Å². The lowest BCUT2D eigenvalue weighted by Gasteiger charge is -2.45. The quantitative estimate of drug-likeness (QED) is 0.115. The lowest BCUT2D eigenvalue weighted by molar-refractivity contribution is 0.155. The third kappa shape index (κ3) is 8.58. The van der Waals surface area contributed by atoms with Gasteiger partial charge in [0.1, 0.15) is 5.82 Å². The van der Waals surface area contributed by atoms with Crippen LogP contribution in [-0.2, 0) is 21.7 Å². The highest BCUT2D eigenvalue weighted by Crippen LogP contribution is 2.39. The number of anilines is 1. The van der Waals surface area contributed by atoms with Gasteiger partial charge >= 0.3 is 6.09 Å². The van der Waals surface area contributed by atoms with Crippen molar-refractivity contribution >= 4 is 49.3 Å². The van der Waals surface area contributed by atoms with Crippen LogP contribution in [0.3, 0.4) is 0 Å². The second-order valence-corrected chi connectivity index (χ2v) is 25.6. The number of hydrogen-bond donors (Lipinski definition) is 1. The van der Waals surface area contributed by atoms with E-state index < -0.39 is 22.7 Å². The SMILES string of the molecule is CC(C)(C)[Si](OCC(CCCc1ccc2c(n1)N(C(=O)O)CCC2)CO[Si](c1ccccc1)(c1ccccc1)C(C)(C)C)(c1ccccc1)c1ccccc1. The minimum atomic E-state index is -2.81. The Morgan fingerprint density at radius 3 is 1.47 bits per heavy atom. The summed E-state index contributed by atoms with van der Waals surface area (Å²) in [5, 5.41) is 14.6. The highest BCUT2D eigenvalue weighted by molar-refractivity contribution is 7.00. The predicted molar refractivity (Wildman–Crippen MR) is 232 cm³/mol. The molecule has 1 aliphatic rings. The highest BCUT2D eigenvalue weighted by Gasteiger charge is 2.52. The molecule has 1 aliphatic heterocycles. The normalized spacial score (nSPS) is 13.8. The van der Waals surface area contributed by atoms with E-state index >= 15 is 0 Å². The number of aromatic nitrogens is 1. The third-order valence-electron chi connectivity index (χ3n) is 11.3. The second kappa shape index (κ2) is 17.2. The van der Waals surface area contributed by atoms with Gasteiger partial charge in [0, 0.05) is 31.4 Å². The first-order valence-electron chi connectivity index (χ1n) is 19.9. The van der Waals surface area contributed by atoms with E-state index in [-0.39, 0.29) is 16.0 Å². The molecule has 0 bridgehead atoms. The van der Waals surface area contributed by atoms with E-state index in [1.54, 1.807) is 0 Å². The molecule has 0 saturated heterocycles. The Bertz CT molecular complexity index is 1800. The summed E-state index contributed by atoms with van der Waals surface area (Å²) in [5.41, 5.74) is 1.93. The zero-order valence-corrected chi connectivity index (χ0v) is 35.5. The van der Waals surface area contributed by atoms with Crippen molar-refractivity contribution in [2.75, 3.05) is 24.7 Å². The second-order valence-electron chi connectivity index (χ2n) is 17.0. The van der Waals surface area contributed by atoms with Gasteiger partial charge in [0.05, 0.1) is 0 Å². The van der Waals surface area contributed by atoms with Crippen LogP contribution >= 0.6 is 0 Å². The fourth-order valence-electron chi connectivity index (χ4n) is 8.60. The average Bonchev–Trinajstić information content (AvgIpc) is 3.18. The average molecular weight is 771 g/mol. The van der Waals surface area contributed by atoms with Gasteiger partial charge in [-0.1, -0.05) is 169 Å². The van der Waals surface area contributed by atoms with E-state index in [1.807, 2.05) is 0 Å². The molecule has 6 nitrogen and oxygen atoms in total. The fourth-order valence-corrected chi connectivity index (χ4v) is 17.9. The third-order valence-corrected chi connectivity index (χ3v) is 21.3. The van der Waals surface area contributed by atoms with Gasteiger partial charge in [0.2, 0.25) is 0 Å². The molecule has 5 aromatic rings. The molecule has 8 heteroatoms. The summed E-state index contributed by atoms with van der Waals surface area (Å²) in [6, 6.07) is 47.6. The molecule has 288 valence electrons. The van der Waals surface area contributed by atoms with Crippen molar-refractivity contribution in [3.05, 3.63) is 145 Å². The first-order valence-corrected chi connectivity index (χ1v) is 23.7. The first kappa shape index (κ1) is 40.3. The number of fused-ring (bicyclic) bond motifs is 1. The van der Waals surface area contributed by atoms with Gasteiger partial charge in [-0.05, 0) is 74.6 Å². The number of benzene rings is 4. The molecule has 6 rings (SSSR count). The smallest absolute Gasteiger partial charge is 0.413 e. The number of amides is 1. The number of pyridine rings is 1. The van der Waals surface area contributed by atoms with E-state index in [9.17, 15) is 9.90 Å². The van der Waals surface area contributed by atoms with Crippen molar-refractivity contribution < 1.29 is 18.8 Å². The van der Waals surface area contributed by atoms with Crippen molar-refractivity contribution in [3.63, 3.8) is 0 Å². The molecule has 0 unspecified atom stereocenters. The number of rotatable bonds is 14. The molecular formula is C47H58N2O4Si2. The van der Waals surface area contributed by atoms with Crippen molar-refractivity contribution in [2.45, 2.75) is 83.7 Å². The van der Waals surface area contributed by atoms with Gasteiger partial charge in [0.15, 0.2) is 0 Å². The molecule has 0 spiro atoms. The standard InChI is InChI=1S/C47H58N2O4Si2/c1-46(2,3)54(40-24-11-7-12-25-40,41-26-13-8-14-27-41)52-35-37(21-19-23-39-33-32-38-22-20-34-49(45(50)51)44(38)48-39)36-53-55(47(4,5)6,42-28-15-9-16-29-42)43-30-17-10-18-31-43/h7-18,24-33,37H,19-23,34-36H2,1-6H3,(H,50,51). The van der Waals surface area contributed by atoms with Crippen LogP contribution in [0.25, 0.3) is 0 Å². The Morgan fingerprint density at radius 2 is 1.09 bits per heavy atom. The topological polar surface area (TPSA) is 71.9 Å². The van der Waals surface area contributed by atoms with Crippen molar-refractivity contribution in [3.8, 4) is 0 Å². The summed E-state index contributed by atoms with van der Waals surface area (Å²) >= 11 is 0. The van der Waals surface area contributed by atoms with E-state index in [4.69, 9.17) is 13.8 Å². The molecular weight excluding hydrogens is 713 g/mol. The van der Waals surface area contributed by atoms with Crippen molar-refractivity contribution in [1.82, 2.24) is 4.98 Å². The first-order chi connectivity index (χ1) is 26.4. The molecule has 1 N–H and O–H groups in total. The molecule has 0 aliphatic carbocycles. The minimum absolute atomic E-state index is 0.0939. The molecule has 0 radical (unpaired) electrons. The van der Waals surface area contributed by atoms with E-state index in [0.717, 1.165) is 43.4 Å². The van der Waals surface area contributed by atoms with Crippen molar-refractivity contribution in [1.29, 1.82) is 0 Å². The number of hydrogen-bond acceptors (Lipinski definition) is 4. The summed E-state index contributed by atoms with van der Waals surface area (Å²) in [4.78, 5) is 18.4. The predicted octanol–water partition coefficient (Wildman–Crippen LogP) is 8.60. The molecule has 0 fully saturated rings. The summed E-state index contributed by atoms with van der Waals surface area (Å²) in [6.07, 6.45) is 3.23. The maximum absolute atomic E-state index is 12.1. The van der Waals surface area contributed by atoms with Crippen LogP contribution < -0.4 is 25.6 Å². The highest BCUT2D eigenvalue weighted by atomic mass is 28.4. The van der Waals surface area contributed by atoms with Gasteiger partial charge in [-0.25, -0.2) is 9.78 Å². The molecule has 0 atom stereocenters. The van der Waals surface area contributed by atoms with Crippen LogP contribution in [0.2, 0.25) is 10.1 Å². The van der Waals surface area contributed by atoms with Crippen LogP contribution in [0.5, 0.6) is 0 Å². The lowest BCUT2D eigenvalue weighted by Crippen LogP contribution is -2.67. The Hall–Kier alpha value is -4.35. The summed E-state index contributed by atoms with van der Waals surface area (Å²) in [7, 11) is -5.61. The minimum Gasteiger partial charge on any atom is -0.465 e. The van der Waals surface area contributed by atoms with Gasteiger partial charge in [0.25, 0.3) is 16.6 Å². The Morgan fingerprint density at radius 1 is 0.673 bits per heavy atom. The van der Waals surface area contributed by atoms with Crippen molar-refractivity contribution in [2.24, 2.45) is 5.92 Å². The Kier molecular flexibility index (Phi) is 12.6. The number of aryl methyl sites for hydroxylation is 2. The van der Waals surface area contributed by atoms with Crippen LogP contribution in [0.1, 0.15) is 72.1 Å². The van der Waals surface area contributed by atoms with Crippen LogP contribution in [0.4, 0.5) is 10.6 Å². The molecule has 0 saturated carbocycles. The lowest BCUT2D eigenvalue weighted by atomic mass is 10.0. The number of nitrogens with zero attached hydrogens (tertiary/aromatic N) is 2. The fraction of sp³-hybridized carbons (Fsp3) is 0.362. The molecule has 55 heavy (non-hydrogen) atoms. The maximum atomic E-state index is 12.1. The molecule has 2 heterocycles. The molecule has 4 aromatic carbocycles. The number of carbonyl (C=O) groups is 1. The largest absolute Gasteiger partial charge is 0.465 e. The maximum Gasteiger partial charge on any atom is 0.413 e. The van der Waals surface area contributed by atoms with Gasteiger partial charge < -0.3 is 14.0 Å². The molecule has 1 amide bonds. The van der Waals surface area contributed by atoms with Crippen LogP contribution in [0, 0.1) is 5.92 Å². The van der Waals surface area contributed by atoms with Gasteiger partial charge in [-0.15, -0.1) is 0 Å². The summed E-state index contributed by atoms with van der Waals surface area (Å²) < 4.78 is 15.2. The molecule has 1 aromatic heterocycles. The Labute approximate surface area is 330 Å². The zero-order valence-electron chi connectivity index (χ0n) is 33.5. The summed E-state index contributed by atoms with van der Waals surface area (Å²) in [5.74, 6) is 0.689. The van der Waals surface area contributed by atoms with Gasteiger partial charge in [-0.3, -0.25) is 4.90 Å². The van der Waals surface area contributed by atoms with Gasteiger partial charge in [-0.2, -0.15) is 0 Å². The summed E-state index contributed by atoms with van der Waals surface area (Å²) in [6.45, 7) is 15.6. The Balaban J connectivity index is 1.36. The van der Waals surface area contributed by atoms with E-state index in [0.29, 0.717) is 25.6 Å². The van der Waals surface area contributed by atoms with Crippen LogP contribution in [0.15, 0.2) is 133 Å². The monoisotopic (exact) mass is 770 g/mol. The van der Waals surface area contributed by atoms with E-state index in [2.05, 4.69) is 175 Å².